The topological polar surface area (TPSA) is 58.6 Å². The fraction of sp³-hybridized carbons (Fsp3) is 0. The molecule has 0 amide bonds. The zero-order chi connectivity index (χ0) is 14.9. The summed E-state index contributed by atoms with van der Waals surface area (Å²) in [5.41, 5.74) is 2.16. The van der Waals surface area contributed by atoms with Crippen molar-refractivity contribution < 1.29 is 4.79 Å². The van der Waals surface area contributed by atoms with E-state index in [0.717, 1.165) is 16.4 Å². The summed E-state index contributed by atoms with van der Waals surface area (Å²) in [6.07, 6.45) is 3.62. The van der Waals surface area contributed by atoms with Gasteiger partial charge in [0, 0.05) is 17.0 Å². The molecule has 0 saturated heterocycles. The fourth-order valence-corrected chi connectivity index (χ4v) is 1.90. The Hall–Kier alpha value is -3.01. The van der Waals surface area contributed by atoms with E-state index < -0.39 is 0 Å². The van der Waals surface area contributed by atoms with Crippen molar-refractivity contribution in [3.05, 3.63) is 73.1 Å². The third-order valence-electron chi connectivity index (χ3n) is 2.86. The first-order valence-electron chi connectivity index (χ1n) is 6.40. The Morgan fingerprint density at radius 1 is 0.810 bits per heavy atom. The Bertz CT molecular complexity index is 715. The fourth-order valence-electron chi connectivity index (χ4n) is 1.90. The van der Waals surface area contributed by atoms with Crippen LogP contribution in [0.1, 0.15) is 0 Å². The molecule has 0 bridgehead atoms. The van der Waals surface area contributed by atoms with Gasteiger partial charge in [-0.05, 0) is 18.2 Å². The number of carbonyl (C=O) groups excluding carboxylic acids is 1. The standard InChI is InChI=1S/C9H7N.C7H6N2.CH2O/c1-2-6-9-8(4-1)5-3-7-10-9;1-2-4-7-6(3-1)5-8-9-7;1-2/h1-7H;1-5H,(H,8,9);1H2. The second-order valence-corrected chi connectivity index (χ2v) is 4.15. The molecule has 0 fully saturated rings. The minimum Gasteiger partial charge on any atom is -0.307 e. The average Bonchev–Trinajstić information content (AvgIpc) is 3.06. The van der Waals surface area contributed by atoms with Gasteiger partial charge in [0.25, 0.3) is 0 Å². The second kappa shape index (κ2) is 7.55. The molecule has 0 spiro atoms. The van der Waals surface area contributed by atoms with Gasteiger partial charge < -0.3 is 4.79 Å². The summed E-state index contributed by atoms with van der Waals surface area (Å²) in [7, 11) is 0. The molecule has 4 nitrogen and oxygen atoms in total. The molecule has 2 heterocycles. The Labute approximate surface area is 122 Å². The number of benzene rings is 2. The van der Waals surface area contributed by atoms with Crippen LogP contribution in [0.25, 0.3) is 21.8 Å². The highest BCUT2D eigenvalue weighted by atomic mass is 16.1. The first-order chi connectivity index (χ1) is 10.4. The largest absolute Gasteiger partial charge is 0.307 e. The molecule has 0 unspecified atom stereocenters. The number of fused-ring (bicyclic) bond motifs is 2. The first-order valence-corrected chi connectivity index (χ1v) is 6.40. The maximum Gasteiger partial charge on any atom is 0.106 e. The lowest BCUT2D eigenvalue weighted by Gasteiger charge is -1.91. The Morgan fingerprint density at radius 3 is 2.24 bits per heavy atom. The second-order valence-electron chi connectivity index (χ2n) is 4.15. The number of para-hydroxylation sites is 2. The lowest BCUT2D eigenvalue weighted by molar-refractivity contribution is -0.0979. The zero-order valence-electron chi connectivity index (χ0n) is 11.4. The predicted molar refractivity (Wildman–Crippen MR) is 85.0 cm³/mol. The van der Waals surface area contributed by atoms with Crippen molar-refractivity contribution in [3.8, 4) is 0 Å². The van der Waals surface area contributed by atoms with E-state index in [1.807, 2.05) is 67.7 Å². The number of carbonyl (C=O) groups is 1. The maximum atomic E-state index is 8.00. The molecule has 4 rings (SSSR count). The SMILES string of the molecule is C=O.c1ccc2[nH]ncc2c1.c1ccc2ncccc2c1. The van der Waals surface area contributed by atoms with Crippen molar-refractivity contribution in [2.45, 2.75) is 0 Å². The molecule has 0 aliphatic carbocycles. The number of nitrogens with one attached hydrogen (secondary N) is 1. The minimum absolute atomic E-state index is 1.06. The predicted octanol–water partition coefficient (Wildman–Crippen LogP) is 3.61. The van der Waals surface area contributed by atoms with Crippen LogP contribution in [0.2, 0.25) is 0 Å². The van der Waals surface area contributed by atoms with E-state index in [-0.39, 0.29) is 0 Å². The highest BCUT2D eigenvalue weighted by Crippen LogP contribution is 2.08. The molecule has 2 aromatic carbocycles. The first kappa shape index (κ1) is 14.4. The van der Waals surface area contributed by atoms with Gasteiger partial charge in [0.05, 0.1) is 17.2 Å². The molecule has 0 radical (unpaired) electrons. The van der Waals surface area contributed by atoms with Crippen LogP contribution >= 0.6 is 0 Å². The van der Waals surface area contributed by atoms with Gasteiger partial charge in [-0.1, -0.05) is 42.5 Å². The van der Waals surface area contributed by atoms with Crippen LogP contribution in [0.15, 0.2) is 73.1 Å². The van der Waals surface area contributed by atoms with E-state index >= 15 is 0 Å². The molecular formula is C17H15N3O. The van der Waals surface area contributed by atoms with Gasteiger partial charge in [0.15, 0.2) is 0 Å². The Balaban J connectivity index is 0.000000138. The van der Waals surface area contributed by atoms with E-state index in [9.17, 15) is 0 Å². The van der Waals surface area contributed by atoms with Gasteiger partial charge in [-0.3, -0.25) is 10.1 Å². The van der Waals surface area contributed by atoms with Crippen LogP contribution < -0.4 is 0 Å². The molecule has 4 aromatic rings. The molecule has 0 aliphatic heterocycles. The minimum atomic E-state index is 1.06. The van der Waals surface area contributed by atoms with Gasteiger partial charge >= 0.3 is 0 Å². The molecular weight excluding hydrogens is 262 g/mol. The lowest BCUT2D eigenvalue weighted by Crippen LogP contribution is -1.73. The zero-order valence-corrected chi connectivity index (χ0v) is 11.4. The normalized spacial score (nSPS) is 9.33. The average molecular weight is 277 g/mol. The summed E-state index contributed by atoms with van der Waals surface area (Å²) >= 11 is 0. The van der Waals surface area contributed by atoms with Gasteiger partial charge in [-0.15, -0.1) is 0 Å². The molecule has 2 aromatic heterocycles. The maximum absolute atomic E-state index is 8.00. The number of hydrogen-bond acceptors (Lipinski definition) is 3. The quantitative estimate of drug-likeness (QED) is 0.534. The number of H-pyrrole nitrogens is 1. The van der Waals surface area contributed by atoms with Gasteiger partial charge in [-0.25, -0.2) is 0 Å². The molecule has 21 heavy (non-hydrogen) atoms. The molecule has 0 atom stereocenters. The van der Waals surface area contributed by atoms with Gasteiger partial charge in [0.2, 0.25) is 0 Å². The summed E-state index contributed by atoms with van der Waals surface area (Å²) in [6, 6.07) is 20.1. The number of hydrogen-bond donors (Lipinski definition) is 1. The Kier molecular flexibility index (Phi) is 5.18. The summed E-state index contributed by atoms with van der Waals surface area (Å²) in [4.78, 5) is 12.2. The monoisotopic (exact) mass is 277 g/mol. The van der Waals surface area contributed by atoms with Crippen LogP contribution in [0.4, 0.5) is 0 Å². The molecule has 104 valence electrons. The van der Waals surface area contributed by atoms with Crippen molar-refractivity contribution >= 4 is 28.6 Å². The number of pyridine rings is 1. The summed E-state index contributed by atoms with van der Waals surface area (Å²) in [6.45, 7) is 2.00. The van der Waals surface area contributed by atoms with E-state index in [1.54, 1.807) is 0 Å². The highest BCUT2D eigenvalue weighted by Gasteiger charge is 1.88. The summed E-state index contributed by atoms with van der Waals surface area (Å²) in [5.74, 6) is 0. The summed E-state index contributed by atoms with van der Waals surface area (Å²) < 4.78 is 0. The van der Waals surface area contributed by atoms with Crippen LogP contribution in [-0.2, 0) is 4.79 Å². The highest BCUT2D eigenvalue weighted by molar-refractivity contribution is 5.78. The third kappa shape index (κ3) is 3.73. The molecule has 0 aliphatic rings. The lowest BCUT2D eigenvalue weighted by atomic mass is 10.2. The van der Waals surface area contributed by atoms with Crippen LogP contribution in [0.3, 0.4) is 0 Å². The number of rotatable bonds is 0. The van der Waals surface area contributed by atoms with E-state index in [0.29, 0.717) is 0 Å². The van der Waals surface area contributed by atoms with Crippen molar-refractivity contribution in [2.75, 3.05) is 0 Å². The third-order valence-corrected chi connectivity index (χ3v) is 2.86. The van der Waals surface area contributed by atoms with E-state index in [4.69, 9.17) is 4.79 Å². The summed E-state index contributed by atoms with van der Waals surface area (Å²) in [5, 5.41) is 9.11. The van der Waals surface area contributed by atoms with Crippen LogP contribution in [0, 0.1) is 0 Å². The van der Waals surface area contributed by atoms with Crippen molar-refractivity contribution in [1.82, 2.24) is 15.2 Å². The number of nitrogens with zero attached hydrogens (tertiary/aromatic N) is 2. The van der Waals surface area contributed by atoms with Gasteiger partial charge in [0.1, 0.15) is 6.79 Å². The van der Waals surface area contributed by atoms with Crippen molar-refractivity contribution in [3.63, 3.8) is 0 Å². The molecule has 1 N–H and O–H groups in total. The molecule has 0 saturated carbocycles. The van der Waals surface area contributed by atoms with Gasteiger partial charge in [-0.2, -0.15) is 5.10 Å². The van der Waals surface area contributed by atoms with Crippen LogP contribution in [-0.4, -0.2) is 22.0 Å². The van der Waals surface area contributed by atoms with E-state index in [2.05, 4.69) is 27.3 Å². The smallest absolute Gasteiger partial charge is 0.106 e. The number of aromatic amines is 1. The number of aromatic nitrogens is 3. The van der Waals surface area contributed by atoms with Crippen molar-refractivity contribution in [2.24, 2.45) is 0 Å². The van der Waals surface area contributed by atoms with Crippen molar-refractivity contribution in [1.29, 1.82) is 0 Å². The molecule has 4 heteroatoms. The Morgan fingerprint density at radius 2 is 1.48 bits per heavy atom. The van der Waals surface area contributed by atoms with E-state index in [1.165, 1.54) is 5.39 Å². The van der Waals surface area contributed by atoms with Crippen LogP contribution in [0.5, 0.6) is 0 Å².